The third kappa shape index (κ3) is 3.04. The fourth-order valence-corrected chi connectivity index (χ4v) is 3.96. The first-order chi connectivity index (χ1) is 12.5. The van der Waals surface area contributed by atoms with Crippen LogP contribution in [-0.2, 0) is 10.0 Å². The van der Waals surface area contributed by atoms with Crippen molar-refractivity contribution in [1.29, 1.82) is 0 Å². The number of pyridine rings is 1. The third-order valence-corrected chi connectivity index (χ3v) is 5.43. The van der Waals surface area contributed by atoms with E-state index < -0.39 is 10.0 Å². The Bertz CT molecular complexity index is 1040. The van der Waals surface area contributed by atoms with Crippen LogP contribution in [0.3, 0.4) is 0 Å². The van der Waals surface area contributed by atoms with Gasteiger partial charge in [-0.3, -0.25) is 4.31 Å². The van der Waals surface area contributed by atoms with Crippen molar-refractivity contribution in [3.05, 3.63) is 66.7 Å². The van der Waals surface area contributed by atoms with Crippen molar-refractivity contribution in [1.82, 2.24) is 4.98 Å². The monoisotopic (exact) mass is 365 g/mol. The number of benzene rings is 2. The van der Waals surface area contributed by atoms with Crippen molar-refractivity contribution in [2.24, 2.45) is 0 Å². The van der Waals surface area contributed by atoms with E-state index in [0.29, 0.717) is 11.6 Å². The lowest BCUT2D eigenvalue weighted by molar-refractivity contribution is 0.304. The average Bonchev–Trinajstić information content (AvgIpc) is 2.67. The van der Waals surface area contributed by atoms with Gasteiger partial charge in [0.15, 0.2) is 0 Å². The highest BCUT2D eigenvalue weighted by atomic mass is 32.2. The predicted molar refractivity (Wildman–Crippen MR) is 102 cm³/mol. The molecule has 1 aliphatic rings. The molecule has 0 saturated heterocycles. The number of ether oxygens (including phenoxy) is 1. The van der Waals surface area contributed by atoms with Crippen LogP contribution in [-0.4, -0.2) is 32.8 Å². The molecule has 3 aromatic rings. The highest BCUT2D eigenvalue weighted by molar-refractivity contribution is 7.92. The van der Waals surface area contributed by atoms with Gasteiger partial charge in [0.1, 0.15) is 12.3 Å². The van der Waals surface area contributed by atoms with E-state index in [9.17, 15) is 8.42 Å². The summed E-state index contributed by atoms with van der Waals surface area (Å²) in [6.07, 6.45) is 1.20. The van der Waals surface area contributed by atoms with E-state index in [4.69, 9.17) is 4.74 Å². The second-order valence-corrected chi connectivity index (χ2v) is 7.95. The molecular weight excluding hydrogens is 348 g/mol. The molecule has 4 rings (SSSR count). The first-order valence-electron chi connectivity index (χ1n) is 8.21. The maximum absolute atomic E-state index is 12.2. The van der Waals surface area contributed by atoms with E-state index in [1.165, 1.54) is 10.6 Å². The standard InChI is InChI=1S/C20H17N2O3S/c1-26(23,24)22-12-13-25-20-18(22)14-17(15-8-4-2-5-9-15)19(21-20)16-10-6-3-7-11-16/h2,4-11,14H,12-13H2,1H3. The highest BCUT2D eigenvalue weighted by Gasteiger charge is 2.28. The van der Waals surface area contributed by atoms with E-state index >= 15 is 0 Å². The van der Waals surface area contributed by atoms with Crippen LogP contribution in [0.15, 0.2) is 60.7 Å². The van der Waals surface area contributed by atoms with Crippen molar-refractivity contribution in [3.8, 4) is 28.3 Å². The summed E-state index contributed by atoms with van der Waals surface area (Å²) >= 11 is 0. The molecule has 2 heterocycles. The van der Waals surface area contributed by atoms with Crippen LogP contribution >= 0.6 is 0 Å². The Morgan fingerprint density at radius 3 is 2.50 bits per heavy atom. The fraction of sp³-hybridized carbons (Fsp3) is 0.150. The van der Waals surface area contributed by atoms with Crippen LogP contribution in [0.5, 0.6) is 5.88 Å². The van der Waals surface area contributed by atoms with Gasteiger partial charge in [0.2, 0.25) is 15.9 Å². The zero-order valence-corrected chi connectivity index (χ0v) is 15.0. The summed E-state index contributed by atoms with van der Waals surface area (Å²) in [6.45, 7) is 0.557. The molecule has 0 N–H and O–H groups in total. The predicted octanol–water partition coefficient (Wildman–Crippen LogP) is 3.37. The SMILES string of the molecule is CS(=O)(=O)N1CCOc2nc(-c3cc[c]cc3)c(-c3ccccc3)cc21. The van der Waals surface area contributed by atoms with Gasteiger partial charge in [-0.05, 0) is 17.7 Å². The molecule has 0 unspecified atom stereocenters. The molecule has 2 aromatic carbocycles. The molecule has 0 atom stereocenters. The minimum Gasteiger partial charge on any atom is -0.474 e. The number of nitrogens with zero attached hydrogens (tertiary/aromatic N) is 2. The van der Waals surface area contributed by atoms with Gasteiger partial charge in [0.25, 0.3) is 0 Å². The molecule has 0 fully saturated rings. The molecule has 26 heavy (non-hydrogen) atoms. The third-order valence-electron chi connectivity index (χ3n) is 4.25. The second-order valence-electron chi connectivity index (χ2n) is 6.05. The van der Waals surface area contributed by atoms with Crippen LogP contribution in [0.1, 0.15) is 0 Å². The fourth-order valence-electron chi connectivity index (χ4n) is 3.06. The number of anilines is 1. The molecule has 0 spiro atoms. The summed E-state index contributed by atoms with van der Waals surface area (Å²) in [5, 5.41) is 0. The van der Waals surface area contributed by atoms with Crippen LogP contribution < -0.4 is 9.04 Å². The summed E-state index contributed by atoms with van der Waals surface area (Å²) < 4.78 is 31.4. The molecule has 1 aromatic heterocycles. The quantitative estimate of drug-likeness (QED) is 0.714. The summed E-state index contributed by atoms with van der Waals surface area (Å²) in [5.41, 5.74) is 3.97. The van der Waals surface area contributed by atoms with E-state index in [1.54, 1.807) is 0 Å². The largest absolute Gasteiger partial charge is 0.474 e. The van der Waals surface area contributed by atoms with Crippen LogP contribution in [0.4, 0.5) is 5.69 Å². The minimum absolute atomic E-state index is 0.278. The maximum Gasteiger partial charge on any atom is 0.239 e. The molecule has 1 aliphatic heterocycles. The summed E-state index contributed by atoms with van der Waals surface area (Å²) in [6, 6.07) is 22.2. The first-order valence-corrected chi connectivity index (χ1v) is 10.1. The van der Waals surface area contributed by atoms with Gasteiger partial charge in [0, 0.05) is 11.1 Å². The van der Waals surface area contributed by atoms with Crippen LogP contribution in [0, 0.1) is 6.07 Å². The number of sulfonamides is 1. The molecule has 0 aliphatic carbocycles. The summed E-state index contributed by atoms with van der Waals surface area (Å²) in [7, 11) is -3.41. The Balaban J connectivity index is 1.98. The van der Waals surface area contributed by atoms with E-state index in [1.807, 2.05) is 60.7 Å². The molecule has 0 saturated carbocycles. The number of fused-ring (bicyclic) bond motifs is 1. The Hall–Kier alpha value is -2.86. The molecular formula is C20H17N2O3S. The second kappa shape index (κ2) is 6.46. The van der Waals surface area contributed by atoms with Crippen molar-refractivity contribution in [2.75, 3.05) is 23.7 Å². The zero-order valence-electron chi connectivity index (χ0n) is 14.2. The highest BCUT2D eigenvalue weighted by Crippen LogP contribution is 2.40. The van der Waals surface area contributed by atoms with Crippen molar-refractivity contribution >= 4 is 15.7 Å². The molecule has 131 valence electrons. The van der Waals surface area contributed by atoms with Gasteiger partial charge in [-0.25, -0.2) is 13.4 Å². The van der Waals surface area contributed by atoms with Gasteiger partial charge < -0.3 is 4.74 Å². The molecule has 6 heteroatoms. The Morgan fingerprint density at radius 2 is 1.81 bits per heavy atom. The van der Waals surface area contributed by atoms with Gasteiger partial charge in [-0.1, -0.05) is 54.6 Å². The zero-order chi connectivity index (χ0) is 18.1. The lowest BCUT2D eigenvalue weighted by atomic mass is 9.98. The Morgan fingerprint density at radius 1 is 1.08 bits per heavy atom. The lowest BCUT2D eigenvalue weighted by Crippen LogP contribution is -2.37. The number of aromatic nitrogens is 1. The maximum atomic E-state index is 12.2. The van der Waals surface area contributed by atoms with Gasteiger partial charge in [0.05, 0.1) is 18.5 Å². The van der Waals surface area contributed by atoms with E-state index in [2.05, 4.69) is 11.1 Å². The lowest BCUT2D eigenvalue weighted by Gasteiger charge is -2.29. The Labute approximate surface area is 152 Å². The molecule has 1 radical (unpaired) electrons. The average molecular weight is 365 g/mol. The van der Waals surface area contributed by atoms with Crippen molar-refractivity contribution in [2.45, 2.75) is 0 Å². The minimum atomic E-state index is -3.41. The summed E-state index contributed by atoms with van der Waals surface area (Å²) in [5.74, 6) is 0.337. The normalized spacial score (nSPS) is 13.8. The number of hydrogen-bond donors (Lipinski definition) is 0. The van der Waals surface area contributed by atoms with Crippen LogP contribution in [0.25, 0.3) is 22.4 Å². The topological polar surface area (TPSA) is 59.5 Å². The number of rotatable bonds is 3. The Kier molecular flexibility index (Phi) is 4.12. The van der Waals surface area contributed by atoms with Gasteiger partial charge in [-0.15, -0.1) is 0 Å². The summed E-state index contributed by atoms with van der Waals surface area (Å²) in [4.78, 5) is 4.68. The molecule has 0 bridgehead atoms. The van der Waals surface area contributed by atoms with Crippen molar-refractivity contribution < 1.29 is 13.2 Å². The van der Waals surface area contributed by atoms with Gasteiger partial charge in [-0.2, -0.15) is 0 Å². The smallest absolute Gasteiger partial charge is 0.239 e. The molecule has 5 nitrogen and oxygen atoms in total. The molecule has 0 amide bonds. The van der Waals surface area contributed by atoms with E-state index in [0.717, 1.165) is 22.4 Å². The first kappa shape index (κ1) is 16.6. The number of hydrogen-bond acceptors (Lipinski definition) is 4. The van der Waals surface area contributed by atoms with Crippen molar-refractivity contribution in [3.63, 3.8) is 0 Å². The van der Waals surface area contributed by atoms with E-state index in [-0.39, 0.29) is 13.2 Å². The van der Waals surface area contributed by atoms with Gasteiger partial charge >= 0.3 is 0 Å². The van der Waals surface area contributed by atoms with Crippen LogP contribution in [0.2, 0.25) is 0 Å².